The molecule has 2 aromatic rings. The number of nitrogens with zero attached hydrogens (tertiary/aromatic N) is 3. The molecule has 1 aromatic carbocycles. The van der Waals surface area contributed by atoms with E-state index in [1.165, 1.54) is 0 Å². The summed E-state index contributed by atoms with van der Waals surface area (Å²) in [5.74, 6) is 1.95. The average Bonchev–Trinajstić information content (AvgIpc) is 2.60. The maximum atomic E-state index is 12.8. The quantitative estimate of drug-likeness (QED) is 0.855. The summed E-state index contributed by atoms with van der Waals surface area (Å²) >= 11 is 0. The van der Waals surface area contributed by atoms with E-state index in [2.05, 4.69) is 9.97 Å². The third kappa shape index (κ3) is 4.26. The molecule has 1 saturated heterocycles. The zero-order valence-corrected chi connectivity index (χ0v) is 14.9. The summed E-state index contributed by atoms with van der Waals surface area (Å²) in [4.78, 5) is 23.2. The van der Waals surface area contributed by atoms with Gasteiger partial charge in [0.1, 0.15) is 17.7 Å². The number of aromatic nitrogens is 2. The van der Waals surface area contributed by atoms with Crippen LogP contribution in [-0.4, -0.2) is 47.1 Å². The molecule has 0 N–H and O–H groups in total. The first-order valence-electron chi connectivity index (χ1n) is 8.47. The van der Waals surface area contributed by atoms with E-state index >= 15 is 0 Å². The lowest BCUT2D eigenvalue weighted by molar-refractivity contribution is 0.0526. The van der Waals surface area contributed by atoms with Crippen molar-refractivity contribution < 1.29 is 14.3 Å². The molecule has 1 fully saturated rings. The number of hydrogen-bond donors (Lipinski definition) is 0. The van der Waals surface area contributed by atoms with Crippen LogP contribution in [0.5, 0.6) is 11.6 Å². The number of piperidine rings is 1. The van der Waals surface area contributed by atoms with Gasteiger partial charge in [-0.15, -0.1) is 0 Å². The molecule has 1 amide bonds. The first-order chi connectivity index (χ1) is 12.0. The average molecular weight is 341 g/mol. The van der Waals surface area contributed by atoms with Crippen LogP contribution in [0.25, 0.3) is 0 Å². The molecule has 1 aromatic heterocycles. The van der Waals surface area contributed by atoms with Crippen LogP contribution >= 0.6 is 0 Å². The van der Waals surface area contributed by atoms with Crippen molar-refractivity contribution in [2.24, 2.45) is 0 Å². The second kappa shape index (κ2) is 7.51. The number of aryl methyl sites for hydroxylation is 2. The predicted octanol–water partition coefficient (Wildman–Crippen LogP) is 2.79. The third-order valence-electron chi connectivity index (χ3n) is 4.21. The number of carbonyl (C=O) groups is 1. The maximum Gasteiger partial charge on any atom is 0.254 e. The Balaban J connectivity index is 1.68. The van der Waals surface area contributed by atoms with Crippen molar-refractivity contribution in [2.45, 2.75) is 32.8 Å². The van der Waals surface area contributed by atoms with Gasteiger partial charge in [0, 0.05) is 23.9 Å². The van der Waals surface area contributed by atoms with Gasteiger partial charge in [0.25, 0.3) is 5.91 Å². The van der Waals surface area contributed by atoms with Crippen molar-refractivity contribution in [3.8, 4) is 11.6 Å². The predicted molar refractivity (Wildman–Crippen MR) is 94.1 cm³/mol. The molecular weight excluding hydrogens is 318 g/mol. The second-order valence-electron chi connectivity index (χ2n) is 6.26. The van der Waals surface area contributed by atoms with Crippen molar-refractivity contribution in [3.63, 3.8) is 0 Å². The van der Waals surface area contributed by atoms with E-state index < -0.39 is 0 Å². The Hall–Kier alpha value is -2.63. The van der Waals surface area contributed by atoms with E-state index in [1.54, 1.807) is 13.2 Å². The number of rotatable bonds is 4. The number of ether oxygens (including phenoxy) is 2. The van der Waals surface area contributed by atoms with Crippen LogP contribution in [0.4, 0.5) is 0 Å². The van der Waals surface area contributed by atoms with Crippen LogP contribution in [0, 0.1) is 13.8 Å². The summed E-state index contributed by atoms with van der Waals surface area (Å²) in [6.45, 7) is 5.05. The minimum absolute atomic E-state index is 0.00208. The van der Waals surface area contributed by atoms with Crippen LogP contribution in [-0.2, 0) is 0 Å². The Labute approximate surface area is 147 Å². The summed E-state index contributed by atoms with van der Waals surface area (Å²) in [7, 11) is 1.60. The van der Waals surface area contributed by atoms with Crippen LogP contribution in [0.3, 0.4) is 0 Å². The highest BCUT2D eigenvalue weighted by atomic mass is 16.5. The first-order valence-corrected chi connectivity index (χ1v) is 8.47. The fourth-order valence-electron chi connectivity index (χ4n) is 3.07. The highest BCUT2D eigenvalue weighted by Gasteiger charge is 2.26. The van der Waals surface area contributed by atoms with Gasteiger partial charge in [0.15, 0.2) is 0 Å². The lowest BCUT2D eigenvalue weighted by Gasteiger charge is -2.32. The molecule has 1 atom stereocenters. The molecule has 1 aliphatic rings. The Bertz CT molecular complexity index is 743. The Morgan fingerprint density at radius 1 is 1.24 bits per heavy atom. The van der Waals surface area contributed by atoms with Gasteiger partial charge in [-0.3, -0.25) is 4.79 Å². The van der Waals surface area contributed by atoms with Crippen LogP contribution in [0.1, 0.15) is 34.7 Å². The molecule has 132 valence electrons. The van der Waals surface area contributed by atoms with Crippen molar-refractivity contribution in [1.29, 1.82) is 0 Å². The Kier molecular flexibility index (Phi) is 5.16. The standard InChI is InChI=1S/C19H23N3O3/c1-13-10-18(21-14(2)20-13)25-17-8-5-9-22(12-17)19(23)15-6-4-7-16(11-15)24-3/h4,6-7,10-11,17H,5,8-9,12H2,1-3H3/t17-/m1/s1. The molecule has 6 heteroatoms. The zero-order valence-electron chi connectivity index (χ0n) is 14.9. The largest absolute Gasteiger partial charge is 0.497 e. The van der Waals surface area contributed by atoms with E-state index in [4.69, 9.17) is 9.47 Å². The van der Waals surface area contributed by atoms with Crippen molar-refractivity contribution in [3.05, 3.63) is 47.4 Å². The van der Waals surface area contributed by atoms with Crippen LogP contribution < -0.4 is 9.47 Å². The molecule has 25 heavy (non-hydrogen) atoms. The Morgan fingerprint density at radius 2 is 2.08 bits per heavy atom. The molecule has 0 spiro atoms. The number of methoxy groups -OCH3 is 1. The van der Waals surface area contributed by atoms with Gasteiger partial charge in [-0.05, 0) is 44.9 Å². The number of carbonyl (C=O) groups excluding carboxylic acids is 1. The van der Waals surface area contributed by atoms with Gasteiger partial charge in [0.2, 0.25) is 5.88 Å². The third-order valence-corrected chi connectivity index (χ3v) is 4.21. The summed E-state index contributed by atoms with van der Waals surface area (Å²) in [5.41, 5.74) is 1.51. The first kappa shape index (κ1) is 17.2. The number of benzene rings is 1. The fourth-order valence-corrected chi connectivity index (χ4v) is 3.07. The summed E-state index contributed by atoms with van der Waals surface area (Å²) in [6.07, 6.45) is 1.75. The molecule has 3 rings (SSSR count). The minimum Gasteiger partial charge on any atom is -0.497 e. The van der Waals surface area contributed by atoms with Gasteiger partial charge in [-0.2, -0.15) is 4.98 Å². The van der Waals surface area contributed by atoms with Crippen LogP contribution in [0.2, 0.25) is 0 Å². The molecule has 0 radical (unpaired) electrons. The van der Waals surface area contributed by atoms with E-state index in [0.717, 1.165) is 25.1 Å². The topological polar surface area (TPSA) is 64.5 Å². The lowest BCUT2D eigenvalue weighted by Crippen LogP contribution is -2.44. The highest BCUT2D eigenvalue weighted by molar-refractivity contribution is 5.94. The monoisotopic (exact) mass is 341 g/mol. The Morgan fingerprint density at radius 3 is 2.84 bits per heavy atom. The van der Waals surface area contributed by atoms with Gasteiger partial charge >= 0.3 is 0 Å². The molecule has 0 aliphatic carbocycles. The molecule has 0 saturated carbocycles. The zero-order chi connectivity index (χ0) is 17.8. The number of hydrogen-bond acceptors (Lipinski definition) is 5. The van der Waals surface area contributed by atoms with E-state index in [1.807, 2.05) is 43.0 Å². The van der Waals surface area contributed by atoms with Gasteiger partial charge in [0.05, 0.1) is 13.7 Å². The normalized spacial score (nSPS) is 17.2. The molecule has 1 aliphatic heterocycles. The van der Waals surface area contributed by atoms with Crippen molar-refractivity contribution in [2.75, 3.05) is 20.2 Å². The lowest BCUT2D eigenvalue weighted by atomic mass is 10.1. The smallest absolute Gasteiger partial charge is 0.254 e. The van der Waals surface area contributed by atoms with E-state index in [9.17, 15) is 4.79 Å². The number of likely N-dealkylation sites (tertiary alicyclic amines) is 1. The maximum absolute atomic E-state index is 12.8. The minimum atomic E-state index is -0.0583. The summed E-state index contributed by atoms with van der Waals surface area (Å²) in [6, 6.07) is 9.07. The highest BCUT2D eigenvalue weighted by Crippen LogP contribution is 2.20. The molecule has 0 unspecified atom stereocenters. The van der Waals surface area contributed by atoms with E-state index in [0.29, 0.717) is 29.6 Å². The SMILES string of the molecule is COc1cccc(C(=O)N2CCC[C@@H](Oc3cc(C)nc(C)n3)C2)c1. The van der Waals surface area contributed by atoms with Crippen LogP contribution in [0.15, 0.2) is 30.3 Å². The van der Waals surface area contributed by atoms with Crippen molar-refractivity contribution in [1.82, 2.24) is 14.9 Å². The van der Waals surface area contributed by atoms with Gasteiger partial charge in [-0.25, -0.2) is 4.98 Å². The fraction of sp³-hybridized carbons (Fsp3) is 0.421. The summed E-state index contributed by atoms with van der Waals surface area (Å²) in [5, 5.41) is 0. The van der Waals surface area contributed by atoms with E-state index in [-0.39, 0.29) is 12.0 Å². The molecular formula is C19H23N3O3. The second-order valence-corrected chi connectivity index (χ2v) is 6.26. The summed E-state index contributed by atoms with van der Waals surface area (Å²) < 4.78 is 11.2. The molecule has 2 heterocycles. The van der Waals surface area contributed by atoms with Gasteiger partial charge < -0.3 is 14.4 Å². The van der Waals surface area contributed by atoms with Crippen molar-refractivity contribution >= 4 is 5.91 Å². The number of amides is 1. The van der Waals surface area contributed by atoms with Gasteiger partial charge in [-0.1, -0.05) is 6.07 Å². The molecule has 0 bridgehead atoms. The molecule has 6 nitrogen and oxygen atoms in total.